The summed E-state index contributed by atoms with van der Waals surface area (Å²) < 4.78 is 0. The van der Waals surface area contributed by atoms with Crippen molar-refractivity contribution in [2.45, 2.75) is 30.2 Å². The number of H-pyrrole nitrogens is 1. The van der Waals surface area contributed by atoms with Gasteiger partial charge in [-0.2, -0.15) is 0 Å². The maximum absolute atomic E-state index is 12.9. The summed E-state index contributed by atoms with van der Waals surface area (Å²) in [6.45, 7) is 4.09. The zero-order valence-corrected chi connectivity index (χ0v) is 16.8. The van der Waals surface area contributed by atoms with E-state index in [-0.39, 0.29) is 5.91 Å². The molecule has 0 saturated carbocycles. The van der Waals surface area contributed by atoms with Crippen molar-refractivity contribution in [3.63, 3.8) is 0 Å². The van der Waals surface area contributed by atoms with Crippen LogP contribution in [0.5, 0.6) is 0 Å². The summed E-state index contributed by atoms with van der Waals surface area (Å²) in [5, 5.41) is 5.19. The summed E-state index contributed by atoms with van der Waals surface area (Å²) in [7, 11) is 0. The second-order valence-electron chi connectivity index (χ2n) is 6.87. The first kappa shape index (κ1) is 18.4. The molecule has 0 radical (unpaired) electrons. The number of rotatable bonds is 5. The van der Waals surface area contributed by atoms with E-state index in [9.17, 15) is 4.79 Å². The average Bonchev–Trinajstić information content (AvgIpc) is 3.03. The maximum atomic E-state index is 12.9. The molecule has 4 aromatic rings. The lowest BCUT2D eigenvalue weighted by Gasteiger charge is -2.11. The van der Waals surface area contributed by atoms with Crippen LogP contribution >= 0.6 is 11.8 Å². The van der Waals surface area contributed by atoms with Gasteiger partial charge in [0.25, 0.3) is 0 Å². The molecular formula is C24H22N2OS. The predicted molar refractivity (Wildman–Crippen MR) is 117 cm³/mol. The quantitative estimate of drug-likeness (QED) is 0.434. The number of hydrogen-bond donors (Lipinski definition) is 2. The fourth-order valence-corrected chi connectivity index (χ4v) is 4.28. The van der Waals surface area contributed by atoms with Crippen molar-refractivity contribution in [2.24, 2.45) is 0 Å². The zero-order valence-electron chi connectivity index (χ0n) is 16.0. The van der Waals surface area contributed by atoms with E-state index in [1.165, 1.54) is 5.56 Å². The van der Waals surface area contributed by atoms with Crippen molar-refractivity contribution in [3.05, 3.63) is 89.5 Å². The van der Waals surface area contributed by atoms with Gasteiger partial charge in [-0.25, -0.2) is 0 Å². The molecule has 1 aromatic heterocycles. The Morgan fingerprint density at radius 3 is 2.50 bits per heavy atom. The number of aromatic amines is 1. The summed E-state index contributed by atoms with van der Waals surface area (Å²) in [6, 6.07) is 24.3. The lowest BCUT2D eigenvalue weighted by molar-refractivity contribution is -0.115. The molecule has 1 amide bonds. The highest BCUT2D eigenvalue weighted by molar-refractivity contribution is 7.99. The van der Waals surface area contributed by atoms with Crippen molar-refractivity contribution >= 4 is 34.3 Å². The Morgan fingerprint density at radius 1 is 0.929 bits per heavy atom. The van der Waals surface area contributed by atoms with Gasteiger partial charge in [0.2, 0.25) is 5.91 Å². The molecule has 3 aromatic carbocycles. The minimum absolute atomic E-state index is 0.00614. The fraction of sp³-hybridized carbons (Fsp3) is 0.125. The largest absolute Gasteiger partial charge is 0.349 e. The number of amides is 1. The van der Waals surface area contributed by atoms with Crippen molar-refractivity contribution in [3.8, 4) is 0 Å². The second-order valence-corrected chi connectivity index (χ2v) is 7.95. The molecule has 1 heterocycles. The monoisotopic (exact) mass is 386 g/mol. The highest BCUT2D eigenvalue weighted by Crippen LogP contribution is 2.34. The van der Waals surface area contributed by atoms with Gasteiger partial charge in [0, 0.05) is 27.0 Å². The normalized spacial score (nSPS) is 10.9. The Labute approximate surface area is 169 Å². The van der Waals surface area contributed by atoms with Crippen LogP contribution in [0, 0.1) is 13.8 Å². The number of aromatic nitrogens is 1. The van der Waals surface area contributed by atoms with Gasteiger partial charge in [-0.15, -0.1) is 0 Å². The van der Waals surface area contributed by atoms with Crippen LogP contribution in [0.15, 0.2) is 82.7 Å². The molecule has 0 aliphatic heterocycles. The number of para-hydroxylation sites is 1. The number of nitrogens with one attached hydrogen (secondary N) is 2. The van der Waals surface area contributed by atoms with E-state index in [4.69, 9.17) is 0 Å². The lowest BCUT2D eigenvalue weighted by atomic mass is 10.1. The molecule has 2 N–H and O–H groups in total. The van der Waals surface area contributed by atoms with Gasteiger partial charge in [-0.3, -0.25) is 4.79 Å². The molecule has 4 rings (SSSR count). The van der Waals surface area contributed by atoms with Crippen LogP contribution in [0.4, 0.5) is 5.69 Å². The molecule has 0 unspecified atom stereocenters. The van der Waals surface area contributed by atoms with Gasteiger partial charge < -0.3 is 10.3 Å². The summed E-state index contributed by atoms with van der Waals surface area (Å²) in [5.74, 6) is -0.00614. The Kier molecular flexibility index (Phi) is 5.22. The third-order valence-electron chi connectivity index (χ3n) is 4.95. The number of hydrogen-bond acceptors (Lipinski definition) is 2. The van der Waals surface area contributed by atoms with Crippen LogP contribution in [0.25, 0.3) is 10.9 Å². The van der Waals surface area contributed by atoms with E-state index in [1.807, 2.05) is 49.4 Å². The van der Waals surface area contributed by atoms with Crippen LogP contribution < -0.4 is 5.32 Å². The number of carbonyl (C=O) groups excluding carboxylic acids is 1. The van der Waals surface area contributed by atoms with Crippen LogP contribution in [0.2, 0.25) is 0 Å². The molecule has 4 heteroatoms. The molecule has 28 heavy (non-hydrogen) atoms. The van der Waals surface area contributed by atoms with Gasteiger partial charge in [0.05, 0.1) is 11.4 Å². The summed E-state index contributed by atoms with van der Waals surface area (Å²) in [6.07, 6.45) is 0.326. The van der Waals surface area contributed by atoms with Gasteiger partial charge in [0.15, 0.2) is 0 Å². The van der Waals surface area contributed by atoms with Crippen molar-refractivity contribution < 1.29 is 4.79 Å². The highest BCUT2D eigenvalue weighted by Gasteiger charge is 2.16. The molecule has 0 aliphatic carbocycles. The van der Waals surface area contributed by atoms with Crippen molar-refractivity contribution in [2.75, 3.05) is 5.32 Å². The van der Waals surface area contributed by atoms with Gasteiger partial charge >= 0.3 is 0 Å². The summed E-state index contributed by atoms with van der Waals surface area (Å²) in [4.78, 5) is 17.5. The Morgan fingerprint density at radius 2 is 1.68 bits per heavy atom. The van der Waals surface area contributed by atoms with Crippen LogP contribution in [0.3, 0.4) is 0 Å². The smallest absolute Gasteiger partial charge is 0.228 e. The minimum atomic E-state index is -0.00614. The Hall–Kier alpha value is -2.98. The second kappa shape index (κ2) is 7.95. The minimum Gasteiger partial charge on any atom is -0.349 e. The third-order valence-corrected chi connectivity index (χ3v) is 6.01. The Bertz CT molecular complexity index is 1130. The highest BCUT2D eigenvalue weighted by atomic mass is 32.2. The van der Waals surface area contributed by atoms with E-state index in [1.54, 1.807) is 11.8 Å². The van der Waals surface area contributed by atoms with Crippen LogP contribution in [-0.4, -0.2) is 10.9 Å². The van der Waals surface area contributed by atoms with Crippen molar-refractivity contribution in [1.29, 1.82) is 0 Å². The van der Waals surface area contributed by atoms with E-state index in [2.05, 4.69) is 47.6 Å². The molecule has 0 saturated heterocycles. The summed E-state index contributed by atoms with van der Waals surface area (Å²) >= 11 is 1.66. The predicted octanol–water partition coefficient (Wildman–Crippen LogP) is 6.12. The molecule has 3 nitrogen and oxygen atoms in total. The van der Waals surface area contributed by atoms with Crippen LogP contribution in [-0.2, 0) is 11.2 Å². The number of fused-ring (bicyclic) bond motifs is 1. The first-order valence-corrected chi connectivity index (χ1v) is 10.1. The molecular weight excluding hydrogens is 364 g/mol. The SMILES string of the molecule is Cc1cccc(NC(=O)Cc2c(Sc3ccccc3)[nH]c3ccccc23)c1C. The number of aryl methyl sites for hydroxylation is 1. The van der Waals surface area contributed by atoms with Gasteiger partial charge in [0.1, 0.15) is 0 Å². The van der Waals surface area contributed by atoms with Crippen molar-refractivity contribution in [1.82, 2.24) is 4.98 Å². The van der Waals surface area contributed by atoms with Gasteiger partial charge in [-0.1, -0.05) is 60.3 Å². The number of benzene rings is 3. The molecule has 0 aliphatic rings. The Balaban J connectivity index is 1.64. The first-order valence-electron chi connectivity index (χ1n) is 9.30. The first-order chi connectivity index (χ1) is 13.6. The van der Waals surface area contributed by atoms with Gasteiger partial charge in [-0.05, 0) is 49.2 Å². The van der Waals surface area contributed by atoms with E-state index >= 15 is 0 Å². The standard InChI is InChI=1S/C24H22N2OS/c1-16-9-8-14-21(17(16)2)25-23(27)15-20-19-12-6-7-13-22(19)26-24(20)28-18-10-4-3-5-11-18/h3-14,26H,15H2,1-2H3,(H,25,27). The molecule has 0 bridgehead atoms. The molecule has 140 valence electrons. The van der Waals surface area contributed by atoms with E-state index in [0.29, 0.717) is 6.42 Å². The summed E-state index contributed by atoms with van der Waals surface area (Å²) in [5.41, 5.74) is 5.24. The maximum Gasteiger partial charge on any atom is 0.228 e. The molecule has 0 spiro atoms. The molecule has 0 atom stereocenters. The molecule has 0 fully saturated rings. The topological polar surface area (TPSA) is 44.9 Å². The number of carbonyl (C=O) groups is 1. The van der Waals surface area contributed by atoms with Crippen LogP contribution in [0.1, 0.15) is 16.7 Å². The van der Waals surface area contributed by atoms with E-state index in [0.717, 1.165) is 37.6 Å². The third kappa shape index (κ3) is 3.82. The average molecular weight is 387 g/mol. The lowest BCUT2D eigenvalue weighted by Crippen LogP contribution is -2.15. The zero-order chi connectivity index (χ0) is 19.5. The number of anilines is 1. The van der Waals surface area contributed by atoms with E-state index < -0.39 is 0 Å². The fourth-order valence-electron chi connectivity index (χ4n) is 3.29.